The number of carboxylic acid groups (broad SMARTS) is 1. The van der Waals surface area contributed by atoms with Crippen LogP contribution in [0.3, 0.4) is 0 Å². The third kappa shape index (κ3) is 2.75. The maximum absolute atomic E-state index is 10.2. The molecular formula is C9H6N2O2. The molecule has 1 aromatic rings. The Balaban J connectivity index is 2.91. The third-order valence-electron chi connectivity index (χ3n) is 1.31. The fraction of sp³-hybridized carbons (Fsp3) is 0. The Morgan fingerprint density at radius 1 is 1.62 bits per heavy atom. The van der Waals surface area contributed by atoms with E-state index in [0.29, 0.717) is 11.1 Å². The van der Waals surface area contributed by atoms with Gasteiger partial charge < -0.3 is 5.11 Å². The Morgan fingerprint density at radius 3 is 3.00 bits per heavy atom. The molecule has 0 aliphatic carbocycles. The smallest absolute Gasteiger partial charge is 0.328 e. The standard InChI is InChI=1S/C9H6N2O2/c10-4-8-3-7(5-11-6-8)1-2-9(12)13/h1-3,5-6H,(H,12,13). The molecule has 0 saturated heterocycles. The minimum atomic E-state index is -1.03. The molecule has 13 heavy (non-hydrogen) atoms. The monoisotopic (exact) mass is 174 g/mol. The van der Waals surface area contributed by atoms with Crippen LogP contribution < -0.4 is 0 Å². The quantitative estimate of drug-likeness (QED) is 0.680. The van der Waals surface area contributed by atoms with Crippen LogP contribution in [0.25, 0.3) is 6.08 Å². The number of nitrogens with zero attached hydrogens (tertiary/aromatic N) is 2. The third-order valence-corrected chi connectivity index (χ3v) is 1.31. The van der Waals surface area contributed by atoms with Crippen LogP contribution in [0.2, 0.25) is 0 Å². The maximum Gasteiger partial charge on any atom is 0.328 e. The van der Waals surface area contributed by atoms with Crippen molar-refractivity contribution in [1.82, 2.24) is 4.98 Å². The summed E-state index contributed by atoms with van der Waals surface area (Å²) in [6.07, 6.45) is 5.28. The molecule has 0 spiro atoms. The predicted octanol–water partition coefficient (Wildman–Crippen LogP) is 1.05. The number of aromatic nitrogens is 1. The van der Waals surface area contributed by atoms with E-state index in [0.717, 1.165) is 6.08 Å². The molecule has 1 rings (SSSR count). The number of hydrogen-bond acceptors (Lipinski definition) is 3. The summed E-state index contributed by atoms with van der Waals surface area (Å²) in [5, 5.41) is 16.8. The molecule has 0 aromatic carbocycles. The van der Waals surface area contributed by atoms with Crippen molar-refractivity contribution in [3.05, 3.63) is 35.7 Å². The van der Waals surface area contributed by atoms with Gasteiger partial charge in [-0.2, -0.15) is 5.26 Å². The number of carboxylic acids is 1. The van der Waals surface area contributed by atoms with E-state index in [-0.39, 0.29) is 0 Å². The number of nitriles is 1. The van der Waals surface area contributed by atoms with Crippen LogP contribution in [0, 0.1) is 11.3 Å². The summed E-state index contributed by atoms with van der Waals surface area (Å²) in [6.45, 7) is 0. The molecule has 4 nitrogen and oxygen atoms in total. The van der Waals surface area contributed by atoms with Crippen molar-refractivity contribution in [1.29, 1.82) is 5.26 Å². The molecule has 64 valence electrons. The van der Waals surface area contributed by atoms with Crippen molar-refractivity contribution in [2.45, 2.75) is 0 Å². The highest BCUT2D eigenvalue weighted by molar-refractivity contribution is 5.85. The Kier molecular flexibility index (Phi) is 2.77. The summed E-state index contributed by atoms with van der Waals surface area (Å²) in [6, 6.07) is 3.47. The van der Waals surface area contributed by atoms with E-state index >= 15 is 0 Å². The summed E-state index contributed by atoms with van der Waals surface area (Å²) in [5.74, 6) is -1.03. The first kappa shape index (κ1) is 8.94. The van der Waals surface area contributed by atoms with Crippen molar-refractivity contribution in [3.63, 3.8) is 0 Å². The van der Waals surface area contributed by atoms with Gasteiger partial charge in [-0.1, -0.05) is 0 Å². The van der Waals surface area contributed by atoms with Gasteiger partial charge in [0.15, 0.2) is 0 Å². The second-order valence-corrected chi connectivity index (χ2v) is 2.29. The normalized spacial score (nSPS) is 9.77. The van der Waals surface area contributed by atoms with Crippen LogP contribution in [-0.2, 0) is 4.79 Å². The predicted molar refractivity (Wildman–Crippen MR) is 45.6 cm³/mol. The maximum atomic E-state index is 10.2. The molecule has 1 aromatic heterocycles. The van der Waals surface area contributed by atoms with Gasteiger partial charge in [-0.15, -0.1) is 0 Å². The molecule has 1 heterocycles. The zero-order chi connectivity index (χ0) is 9.68. The minimum absolute atomic E-state index is 0.410. The molecule has 0 aliphatic rings. The first-order valence-corrected chi connectivity index (χ1v) is 3.48. The molecule has 0 fully saturated rings. The van der Waals surface area contributed by atoms with Crippen LogP contribution in [-0.4, -0.2) is 16.1 Å². The van der Waals surface area contributed by atoms with Gasteiger partial charge in [-0.05, 0) is 17.7 Å². The average molecular weight is 174 g/mol. The van der Waals surface area contributed by atoms with Crippen LogP contribution >= 0.6 is 0 Å². The van der Waals surface area contributed by atoms with Crippen LogP contribution in [0.1, 0.15) is 11.1 Å². The van der Waals surface area contributed by atoms with Crippen molar-refractivity contribution < 1.29 is 9.90 Å². The molecule has 0 saturated carbocycles. The lowest BCUT2D eigenvalue weighted by molar-refractivity contribution is -0.131. The first-order chi connectivity index (χ1) is 6.22. The highest BCUT2D eigenvalue weighted by Crippen LogP contribution is 2.03. The molecule has 0 bridgehead atoms. The fourth-order valence-corrected chi connectivity index (χ4v) is 0.778. The van der Waals surface area contributed by atoms with Crippen LogP contribution in [0.4, 0.5) is 0 Å². The highest BCUT2D eigenvalue weighted by Gasteiger charge is 1.92. The topological polar surface area (TPSA) is 74.0 Å². The Morgan fingerprint density at radius 2 is 2.38 bits per heavy atom. The largest absolute Gasteiger partial charge is 0.478 e. The van der Waals surface area contributed by atoms with E-state index in [1.165, 1.54) is 18.5 Å². The van der Waals surface area contributed by atoms with Crippen LogP contribution in [0.5, 0.6) is 0 Å². The van der Waals surface area contributed by atoms with Gasteiger partial charge in [0, 0.05) is 18.5 Å². The number of hydrogen-bond donors (Lipinski definition) is 1. The van der Waals surface area contributed by atoms with E-state index < -0.39 is 5.97 Å². The van der Waals surface area contributed by atoms with Crippen molar-refractivity contribution >= 4 is 12.0 Å². The number of rotatable bonds is 2. The summed E-state index contributed by atoms with van der Waals surface area (Å²) < 4.78 is 0. The summed E-state index contributed by atoms with van der Waals surface area (Å²) in [7, 11) is 0. The molecule has 0 amide bonds. The van der Waals surface area contributed by atoms with Gasteiger partial charge in [-0.25, -0.2) is 4.79 Å². The summed E-state index contributed by atoms with van der Waals surface area (Å²) in [5.41, 5.74) is 1.01. The Labute approximate surface area is 74.8 Å². The van der Waals surface area contributed by atoms with E-state index in [1.807, 2.05) is 6.07 Å². The molecule has 0 aliphatic heterocycles. The van der Waals surface area contributed by atoms with Crippen molar-refractivity contribution in [3.8, 4) is 6.07 Å². The summed E-state index contributed by atoms with van der Waals surface area (Å²) >= 11 is 0. The zero-order valence-electron chi connectivity index (χ0n) is 6.64. The van der Waals surface area contributed by atoms with Gasteiger partial charge >= 0.3 is 5.97 Å². The fourth-order valence-electron chi connectivity index (χ4n) is 0.778. The molecule has 0 unspecified atom stereocenters. The number of pyridine rings is 1. The second-order valence-electron chi connectivity index (χ2n) is 2.29. The number of aliphatic carboxylic acids is 1. The Bertz CT molecular complexity index is 391. The van der Waals surface area contributed by atoms with Gasteiger partial charge in [0.05, 0.1) is 5.56 Å². The van der Waals surface area contributed by atoms with E-state index in [1.54, 1.807) is 6.07 Å². The van der Waals surface area contributed by atoms with Gasteiger partial charge in [0.2, 0.25) is 0 Å². The minimum Gasteiger partial charge on any atom is -0.478 e. The van der Waals surface area contributed by atoms with Gasteiger partial charge in [0.1, 0.15) is 6.07 Å². The van der Waals surface area contributed by atoms with E-state index in [4.69, 9.17) is 10.4 Å². The second kappa shape index (κ2) is 4.02. The Hall–Kier alpha value is -2.15. The highest BCUT2D eigenvalue weighted by atomic mass is 16.4. The molecule has 1 N–H and O–H groups in total. The van der Waals surface area contributed by atoms with E-state index in [2.05, 4.69) is 4.98 Å². The molecule has 0 radical (unpaired) electrons. The lowest BCUT2D eigenvalue weighted by atomic mass is 10.2. The molecule has 4 heteroatoms. The van der Waals surface area contributed by atoms with Crippen molar-refractivity contribution in [2.75, 3.05) is 0 Å². The van der Waals surface area contributed by atoms with E-state index in [9.17, 15) is 4.79 Å². The summed E-state index contributed by atoms with van der Waals surface area (Å²) in [4.78, 5) is 13.9. The molecular weight excluding hydrogens is 168 g/mol. The number of carbonyl (C=O) groups is 1. The first-order valence-electron chi connectivity index (χ1n) is 3.48. The average Bonchev–Trinajstić information content (AvgIpc) is 2.15. The van der Waals surface area contributed by atoms with Gasteiger partial charge in [0.25, 0.3) is 0 Å². The van der Waals surface area contributed by atoms with Gasteiger partial charge in [-0.3, -0.25) is 4.98 Å². The zero-order valence-corrected chi connectivity index (χ0v) is 6.64. The lowest BCUT2D eigenvalue weighted by Gasteiger charge is -1.91. The molecule has 0 atom stereocenters. The van der Waals surface area contributed by atoms with Crippen LogP contribution in [0.15, 0.2) is 24.5 Å². The SMILES string of the molecule is N#Cc1cncc(C=CC(=O)O)c1. The van der Waals surface area contributed by atoms with Crippen molar-refractivity contribution in [2.24, 2.45) is 0 Å². The lowest BCUT2D eigenvalue weighted by Crippen LogP contribution is -1.86.